The number of hydrogen-bond donors (Lipinski definition) is 1. The molecule has 1 heterocycles. The third-order valence-corrected chi connectivity index (χ3v) is 2.34. The molecule has 0 atom stereocenters. The van der Waals surface area contributed by atoms with Crippen LogP contribution in [0, 0.1) is 10.4 Å². The van der Waals surface area contributed by atoms with E-state index >= 15 is 0 Å². The van der Waals surface area contributed by atoms with Crippen LogP contribution >= 0.6 is 11.3 Å². The Morgan fingerprint density at radius 1 is 1.43 bits per heavy atom. The van der Waals surface area contributed by atoms with Crippen molar-refractivity contribution in [3.05, 3.63) is 40.1 Å². The number of aromatic nitrogens is 1. The molecular formula is C9H7N3OS+. The molecule has 0 fully saturated rings. The topological polar surface area (TPSA) is 59.0 Å². The number of thiazole rings is 1. The van der Waals surface area contributed by atoms with Crippen molar-refractivity contribution in [2.24, 2.45) is 5.84 Å². The smallest absolute Gasteiger partial charge is 0.233 e. The van der Waals surface area contributed by atoms with Gasteiger partial charge >= 0.3 is 5.69 Å². The highest BCUT2D eigenvalue weighted by molar-refractivity contribution is 7.07. The Kier molecular flexibility index (Phi) is 2.24. The van der Waals surface area contributed by atoms with E-state index in [9.17, 15) is 4.91 Å². The molecule has 0 aliphatic rings. The molecule has 0 saturated carbocycles. The van der Waals surface area contributed by atoms with Gasteiger partial charge in [0.25, 0.3) is 0 Å². The molecule has 0 spiro atoms. The van der Waals surface area contributed by atoms with Crippen molar-refractivity contribution in [1.82, 2.24) is 4.98 Å². The van der Waals surface area contributed by atoms with Crippen molar-refractivity contribution >= 4 is 17.0 Å². The Bertz CT molecular complexity index is 453. The zero-order chi connectivity index (χ0) is 9.97. The lowest BCUT2D eigenvalue weighted by Crippen LogP contribution is -2.09. The Morgan fingerprint density at radius 2 is 2.21 bits per heavy atom. The van der Waals surface area contributed by atoms with Crippen LogP contribution < -0.4 is 5.84 Å². The van der Waals surface area contributed by atoms with Crippen LogP contribution in [0.2, 0.25) is 0 Å². The largest absolute Gasteiger partial charge is 0.300 e. The van der Waals surface area contributed by atoms with Gasteiger partial charge in [0.15, 0.2) is 10.4 Å². The van der Waals surface area contributed by atoms with Gasteiger partial charge in [-0.25, -0.2) is 4.98 Å². The summed E-state index contributed by atoms with van der Waals surface area (Å²) in [5.41, 5.74) is 4.58. The Morgan fingerprint density at radius 3 is 2.86 bits per heavy atom. The molecular weight excluding hydrogens is 198 g/mol. The highest BCUT2D eigenvalue weighted by Gasteiger charge is 2.17. The normalized spacial score (nSPS) is 10.0. The molecule has 69 valence electrons. The van der Waals surface area contributed by atoms with Crippen molar-refractivity contribution < 1.29 is 4.87 Å². The predicted molar refractivity (Wildman–Crippen MR) is 53.9 cm³/mol. The molecule has 0 amide bonds. The van der Waals surface area contributed by atoms with Gasteiger partial charge < -0.3 is 0 Å². The van der Waals surface area contributed by atoms with E-state index in [4.69, 9.17) is 5.84 Å². The monoisotopic (exact) mass is 205 g/mol. The number of benzene rings is 1. The average Bonchev–Trinajstić information content (AvgIpc) is 2.70. The van der Waals surface area contributed by atoms with Gasteiger partial charge in [-0.05, 0) is 6.07 Å². The number of nitrogens with two attached hydrogens (primary N) is 1. The number of para-hydroxylation sites is 1. The minimum absolute atomic E-state index is 0.342. The first-order chi connectivity index (χ1) is 6.79. The molecule has 4 nitrogen and oxygen atoms in total. The molecule has 0 saturated heterocycles. The highest BCUT2D eigenvalue weighted by atomic mass is 32.1. The summed E-state index contributed by atoms with van der Waals surface area (Å²) in [5, 5.41) is 1.82. The maximum Gasteiger partial charge on any atom is 0.300 e. The second-order valence-corrected chi connectivity index (χ2v) is 3.32. The molecule has 1 aromatic heterocycles. The molecule has 0 bridgehead atoms. The van der Waals surface area contributed by atoms with Gasteiger partial charge in [0.1, 0.15) is 0 Å². The quantitative estimate of drug-likeness (QED) is 0.462. The van der Waals surface area contributed by atoms with Crippen LogP contribution in [0.5, 0.6) is 0 Å². The van der Waals surface area contributed by atoms with E-state index in [0.29, 0.717) is 10.6 Å². The lowest BCUT2D eigenvalue weighted by Gasteiger charge is -1.95. The van der Waals surface area contributed by atoms with Gasteiger partial charge in [-0.15, -0.1) is 11.3 Å². The molecule has 2 aromatic rings. The lowest BCUT2D eigenvalue weighted by molar-refractivity contribution is -0.474. The molecule has 14 heavy (non-hydrogen) atoms. The Labute approximate surface area is 84.6 Å². The second-order valence-electron chi connectivity index (χ2n) is 2.67. The number of nitroso groups, excluding NO2 is 1. The third kappa shape index (κ3) is 1.49. The van der Waals surface area contributed by atoms with Gasteiger partial charge in [0.2, 0.25) is 0 Å². The summed E-state index contributed by atoms with van der Waals surface area (Å²) in [7, 11) is 0. The summed E-state index contributed by atoms with van der Waals surface area (Å²) < 4.78 is 0. The fourth-order valence-electron chi connectivity index (χ4n) is 1.19. The Hall–Kier alpha value is -1.75. The van der Waals surface area contributed by atoms with Crippen LogP contribution in [-0.2, 0) is 0 Å². The zero-order valence-corrected chi connectivity index (χ0v) is 7.99. The summed E-state index contributed by atoms with van der Waals surface area (Å²) >= 11 is 1.36. The van der Waals surface area contributed by atoms with Crippen LogP contribution in [0.4, 0.5) is 5.69 Å². The minimum Gasteiger partial charge on any atom is -0.233 e. The van der Waals surface area contributed by atoms with Gasteiger partial charge in [-0.1, -0.05) is 12.1 Å². The van der Waals surface area contributed by atoms with E-state index in [-0.39, 0.29) is 0 Å². The van der Waals surface area contributed by atoms with Crippen molar-refractivity contribution in [3.63, 3.8) is 0 Å². The second kappa shape index (κ2) is 3.55. The molecule has 0 unspecified atom stereocenters. The molecule has 0 aliphatic heterocycles. The minimum atomic E-state index is 0.342. The average molecular weight is 205 g/mol. The number of hydrogen-bond acceptors (Lipinski definition) is 3. The van der Waals surface area contributed by atoms with E-state index in [1.807, 2.05) is 11.4 Å². The first-order valence-corrected chi connectivity index (χ1v) is 4.80. The van der Waals surface area contributed by atoms with Crippen LogP contribution in [0.1, 0.15) is 0 Å². The van der Waals surface area contributed by atoms with E-state index in [1.54, 1.807) is 18.2 Å². The summed E-state index contributed by atoms with van der Waals surface area (Å²) in [6.45, 7) is 0. The summed E-state index contributed by atoms with van der Waals surface area (Å²) in [4.78, 5) is 15.4. The van der Waals surface area contributed by atoms with E-state index in [1.165, 1.54) is 11.3 Å². The third-order valence-electron chi connectivity index (χ3n) is 1.81. The lowest BCUT2D eigenvalue weighted by atomic mass is 10.1. The summed E-state index contributed by atoms with van der Waals surface area (Å²) in [6.07, 6.45) is 0. The molecule has 2 rings (SSSR count). The number of nitrogens with zero attached hydrogens (tertiary/aromatic N) is 2. The maximum absolute atomic E-state index is 11.0. The maximum atomic E-state index is 11.0. The van der Waals surface area contributed by atoms with Crippen LogP contribution in [0.25, 0.3) is 11.3 Å². The first-order valence-electron chi connectivity index (χ1n) is 3.92. The van der Waals surface area contributed by atoms with Crippen molar-refractivity contribution in [1.29, 1.82) is 0 Å². The zero-order valence-electron chi connectivity index (χ0n) is 7.18. The van der Waals surface area contributed by atoms with Crippen LogP contribution in [0.15, 0.2) is 29.6 Å². The first kappa shape index (κ1) is 8.83. The number of hydrazine groups is 1. The van der Waals surface area contributed by atoms with Crippen molar-refractivity contribution in [2.75, 3.05) is 0 Å². The molecule has 0 aliphatic carbocycles. The number of rotatable bonds is 2. The van der Waals surface area contributed by atoms with E-state index < -0.39 is 0 Å². The molecule has 5 heteroatoms. The molecule has 1 aromatic carbocycles. The van der Waals surface area contributed by atoms with Crippen molar-refractivity contribution in [2.45, 2.75) is 0 Å². The summed E-state index contributed by atoms with van der Waals surface area (Å²) in [6, 6.07) is 7.05. The van der Waals surface area contributed by atoms with Gasteiger partial charge in [-0.2, -0.15) is 5.84 Å². The summed E-state index contributed by atoms with van der Waals surface area (Å²) in [5.74, 6) is 5.16. The van der Waals surface area contributed by atoms with Crippen LogP contribution in [-0.4, -0.2) is 9.85 Å². The predicted octanol–water partition coefficient (Wildman–Crippen LogP) is 1.89. The fourth-order valence-corrected chi connectivity index (χ4v) is 1.69. The highest BCUT2D eigenvalue weighted by Crippen LogP contribution is 2.27. The van der Waals surface area contributed by atoms with Crippen molar-refractivity contribution in [3.8, 4) is 11.3 Å². The molecule has 2 N–H and O–H groups in total. The van der Waals surface area contributed by atoms with E-state index in [0.717, 1.165) is 11.3 Å². The molecule has 1 radical (unpaired) electrons. The Balaban J connectivity index is 2.58. The fraction of sp³-hybridized carbons (Fsp3) is 0. The van der Waals surface area contributed by atoms with E-state index in [2.05, 4.69) is 10.5 Å². The standard InChI is InChI=1S/C9H7N3OS/c10-12(13)9-4-2-1-3-7(9)8-5-14-6-11-8/h1-5H,(H2,10,13)/q+1. The van der Waals surface area contributed by atoms with Gasteiger partial charge in [0.05, 0.1) is 16.2 Å². The van der Waals surface area contributed by atoms with Gasteiger partial charge in [-0.3, -0.25) is 0 Å². The van der Waals surface area contributed by atoms with Crippen LogP contribution in [0.3, 0.4) is 0 Å². The van der Waals surface area contributed by atoms with Gasteiger partial charge in [0, 0.05) is 11.4 Å². The SMILES string of the molecule is N[N+](=O)c1ccccc1-c1cs[c]n1.